The Labute approximate surface area is 222 Å². The van der Waals surface area contributed by atoms with Gasteiger partial charge < -0.3 is 4.74 Å². The van der Waals surface area contributed by atoms with Gasteiger partial charge in [0.25, 0.3) is 0 Å². The van der Waals surface area contributed by atoms with E-state index in [-0.39, 0.29) is 0 Å². The molecule has 0 amide bonds. The van der Waals surface area contributed by atoms with E-state index in [0.29, 0.717) is 10.8 Å². The largest absolute Gasteiger partial charge is 0.456 e. The molecule has 5 aromatic rings. The standard InChI is InChI=1S/C18H15P.C13H10BrClO/c1-4-10-16(11-5-1)19(17-12-6-2-7-13-17)18-14-8-3-9-15-18;14-9-10-5-4-8-12(13(10)15)16-11-6-2-1-3-7-11/h1-15H;1-8H,9H2. The van der Waals surface area contributed by atoms with Crippen LogP contribution in [-0.4, -0.2) is 0 Å². The zero-order valence-corrected chi connectivity index (χ0v) is 22.3. The van der Waals surface area contributed by atoms with Gasteiger partial charge in [-0.1, -0.05) is 149 Å². The molecule has 0 atom stereocenters. The average molecular weight is 560 g/mol. The van der Waals surface area contributed by atoms with Crippen molar-refractivity contribution in [3.63, 3.8) is 0 Å². The molecule has 0 aliphatic rings. The van der Waals surface area contributed by atoms with Gasteiger partial charge in [-0.2, -0.15) is 0 Å². The number of alkyl halides is 1. The van der Waals surface area contributed by atoms with Gasteiger partial charge in [-0.25, -0.2) is 0 Å². The third kappa shape index (κ3) is 7.05. The van der Waals surface area contributed by atoms with Crippen LogP contribution in [0.4, 0.5) is 0 Å². The van der Waals surface area contributed by atoms with E-state index in [4.69, 9.17) is 16.3 Å². The summed E-state index contributed by atoms with van der Waals surface area (Å²) in [7, 11) is -0.446. The molecule has 0 radical (unpaired) electrons. The van der Waals surface area contributed by atoms with Crippen molar-refractivity contribution in [3.05, 3.63) is 150 Å². The third-order valence-electron chi connectivity index (χ3n) is 5.20. The molecule has 0 heterocycles. The maximum Gasteiger partial charge on any atom is 0.146 e. The summed E-state index contributed by atoms with van der Waals surface area (Å²) in [6, 6.07) is 47.7. The minimum absolute atomic E-state index is 0.446. The van der Waals surface area contributed by atoms with Gasteiger partial charge in [-0.05, 0) is 47.6 Å². The van der Waals surface area contributed by atoms with E-state index in [0.717, 1.165) is 16.6 Å². The lowest BCUT2D eigenvalue weighted by molar-refractivity contribution is 0.482. The van der Waals surface area contributed by atoms with Crippen molar-refractivity contribution < 1.29 is 4.74 Å². The first-order valence-electron chi connectivity index (χ1n) is 11.3. The summed E-state index contributed by atoms with van der Waals surface area (Å²) in [4.78, 5) is 0. The Balaban J connectivity index is 0.000000168. The van der Waals surface area contributed by atoms with Crippen LogP contribution < -0.4 is 20.7 Å². The Bertz CT molecular complexity index is 1210. The highest BCUT2D eigenvalue weighted by Gasteiger charge is 2.15. The van der Waals surface area contributed by atoms with Crippen molar-refractivity contribution in [2.24, 2.45) is 0 Å². The summed E-state index contributed by atoms with van der Waals surface area (Å²) in [5, 5.41) is 5.57. The minimum atomic E-state index is -0.446. The van der Waals surface area contributed by atoms with Crippen LogP contribution in [0.3, 0.4) is 0 Å². The zero-order valence-electron chi connectivity index (χ0n) is 19.1. The van der Waals surface area contributed by atoms with Gasteiger partial charge in [-0.15, -0.1) is 0 Å². The smallest absolute Gasteiger partial charge is 0.146 e. The zero-order chi connectivity index (χ0) is 24.3. The quantitative estimate of drug-likeness (QED) is 0.150. The molecule has 0 bridgehead atoms. The topological polar surface area (TPSA) is 9.23 Å². The maximum absolute atomic E-state index is 6.20. The number of hydrogen-bond acceptors (Lipinski definition) is 1. The van der Waals surface area contributed by atoms with Gasteiger partial charge in [0.05, 0.1) is 5.02 Å². The lowest BCUT2D eigenvalue weighted by Crippen LogP contribution is -2.20. The molecular formula is C31H25BrClOP. The fraction of sp³-hybridized carbons (Fsp3) is 0.0323. The van der Waals surface area contributed by atoms with Crippen LogP contribution in [0.25, 0.3) is 0 Å². The Morgan fingerprint density at radius 1 is 0.543 bits per heavy atom. The van der Waals surface area contributed by atoms with E-state index in [1.165, 1.54) is 15.9 Å². The molecule has 0 aliphatic carbocycles. The Kier molecular flexibility index (Phi) is 9.55. The highest BCUT2D eigenvalue weighted by molar-refractivity contribution is 9.08. The Morgan fingerprint density at radius 3 is 1.40 bits per heavy atom. The number of ether oxygens (including phenoxy) is 1. The van der Waals surface area contributed by atoms with E-state index in [2.05, 4.69) is 107 Å². The molecule has 0 spiro atoms. The van der Waals surface area contributed by atoms with Gasteiger partial charge in [0.2, 0.25) is 0 Å². The molecular weight excluding hydrogens is 535 g/mol. The predicted molar refractivity (Wildman–Crippen MR) is 156 cm³/mol. The van der Waals surface area contributed by atoms with Gasteiger partial charge in [0, 0.05) is 5.33 Å². The molecule has 4 heteroatoms. The first-order chi connectivity index (χ1) is 17.3. The molecule has 35 heavy (non-hydrogen) atoms. The maximum atomic E-state index is 6.20. The molecule has 0 fully saturated rings. The number of benzene rings is 5. The van der Waals surface area contributed by atoms with Gasteiger partial charge in [-0.3, -0.25) is 0 Å². The second-order valence-corrected chi connectivity index (χ2v) is 10.8. The highest BCUT2D eigenvalue weighted by Crippen LogP contribution is 2.33. The first kappa shape index (κ1) is 25.2. The predicted octanol–water partition coefficient (Wildman–Crippen LogP) is 8.47. The molecule has 0 aliphatic heterocycles. The van der Waals surface area contributed by atoms with Crippen molar-refractivity contribution in [3.8, 4) is 11.5 Å². The minimum Gasteiger partial charge on any atom is -0.456 e. The van der Waals surface area contributed by atoms with E-state index >= 15 is 0 Å². The van der Waals surface area contributed by atoms with Crippen molar-refractivity contribution in [2.75, 3.05) is 0 Å². The Hall–Kier alpha value is -2.90. The monoisotopic (exact) mass is 558 g/mol. The molecule has 0 saturated heterocycles. The summed E-state index contributed by atoms with van der Waals surface area (Å²) in [5.41, 5.74) is 1.02. The number of halogens is 2. The fourth-order valence-corrected chi connectivity index (χ4v) is 6.70. The lowest BCUT2D eigenvalue weighted by atomic mass is 10.2. The SMILES string of the molecule is Clc1c(CBr)cccc1Oc1ccccc1.c1ccc(P(c2ccccc2)c2ccccc2)cc1. The van der Waals surface area contributed by atoms with Crippen molar-refractivity contribution in [2.45, 2.75) is 5.33 Å². The molecule has 1 nitrogen and oxygen atoms in total. The molecule has 0 N–H and O–H groups in total. The molecule has 174 valence electrons. The van der Waals surface area contributed by atoms with E-state index in [1.807, 2.05) is 48.5 Å². The van der Waals surface area contributed by atoms with Crippen LogP contribution >= 0.6 is 35.5 Å². The fourth-order valence-electron chi connectivity index (χ4n) is 3.53. The third-order valence-corrected chi connectivity index (χ3v) is 8.68. The molecule has 0 unspecified atom stereocenters. The second kappa shape index (κ2) is 13.3. The summed E-state index contributed by atoms with van der Waals surface area (Å²) in [5.74, 6) is 1.47. The lowest BCUT2D eigenvalue weighted by Gasteiger charge is -2.18. The van der Waals surface area contributed by atoms with Gasteiger partial charge in [0.15, 0.2) is 0 Å². The molecule has 0 aromatic heterocycles. The normalized spacial score (nSPS) is 10.4. The van der Waals surface area contributed by atoms with Gasteiger partial charge >= 0.3 is 0 Å². The van der Waals surface area contributed by atoms with Crippen molar-refractivity contribution in [1.82, 2.24) is 0 Å². The highest BCUT2D eigenvalue weighted by atomic mass is 79.9. The first-order valence-corrected chi connectivity index (χ1v) is 14.1. The van der Waals surface area contributed by atoms with Crippen molar-refractivity contribution >= 4 is 51.4 Å². The van der Waals surface area contributed by atoms with E-state index in [1.54, 1.807) is 0 Å². The van der Waals surface area contributed by atoms with Crippen LogP contribution in [0, 0.1) is 0 Å². The second-order valence-electron chi connectivity index (χ2n) is 7.62. The summed E-state index contributed by atoms with van der Waals surface area (Å²) in [6.07, 6.45) is 0. The summed E-state index contributed by atoms with van der Waals surface area (Å²) >= 11 is 9.59. The van der Waals surface area contributed by atoms with E-state index < -0.39 is 7.92 Å². The molecule has 5 rings (SSSR count). The number of para-hydroxylation sites is 1. The summed E-state index contributed by atoms with van der Waals surface area (Å²) in [6.45, 7) is 0. The molecule has 0 saturated carbocycles. The van der Waals surface area contributed by atoms with Gasteiger partial charge in [0.1, 0.15) is 11.5 Å². The average Bonchev–Trinajstić information content (AvgIpc) is 2.93. The number of rotatable bonds is 6. The number of hydrogen-bond donors (Lipinski definition) is 0. The van der Waals surface area contributed by atoms with Crippen LogP contribution in [0.5, 0.6) is 11.5 Å². The van der Waals surface area contributed by atoms with E-state index in [9.17, 15) is 0 Å². The van der Waals surface area contributed by atoms with Crippen LogP contribution in [0.15, 0.2) is 140 Å². The summed E-state index contributed by atoms with van der Waals surface area (Å²) < 4.78 is 5.70. The molecule has 5 aromatic carbocycles. The Morgan fingerprint density at radius 2 is 0.971 bits per heavy atom. The van der Waals surface area contributed by atoms with Crippen LogP contribution in [0.1, 0.15) is 5.56 Å². The van der Waals surface area contributed by atoms with Crippen LogP contribution in [0.2, 0.25) is 5.02 Å². The van der Waals surface area contributed by atoms with Crippen molar-refractivity contribution in [1.29, 1.82) is 0 Å². The van der Waals surface area contributed by atoms with Crippen LogP contribution in [-0.2, 0) is 5.33 Å².